The minimum atomic E-state index is -3.50. The predicted octanol–water partition coefficient (Wildman–Crippen LogP) is 4.38. The van der Waals surface area contributed by atoms with Crippen LogP contribution in [0.2, 0.25) is 0 Å². The highest BCUT2D eigenvalue weighted by Gasteiger charge is 2.15. The number of benzene rings is 2. The van der Waals surface area contributed by atoms with Crippen molar-refractivity contribution in [1.29, 1.82) is 0 Å². The lowest BCUT2D eigenvalue weighted by atomic mass is 10.2. The standard InChI is InChI=1S/C23H27N5O2S/c1-17-6-5-7-19(14-17)16-31(29,30)27-21-10-8-20(9-11-21)25-23-24-18(2)15-22(26-23)28-12-3-4-13-28/h5-11,14-15,27H,3-4,12-13,16H2,1-2H3,(H,24,25,26). The van der Waals surface area contributed by atoms with Gasteiger partial charge in [0.2, 0.25) is 16.0 Å². The van der Waals surface area contributed by atoms with Crippen LogP contribution in [0.4, 0.5) is 23.1 Å². The summed E-state index contributed by atoms with van der Waals surface area (Å²) in [6, 6.07) is 16.6. The smallest absolute Gasteiger partial charge is 0.236 e. The molecule has 2 N–H and O–H groups in total. The molecule has 1 saturated heterocycles. The molecule has 31 heavy (non-hydrogen) atoms. The van der Waals surface area contributed by atoms with Crippen LogP contribution >= 0.6 is 0 Å². The number of aryl methyl sites for hydroxylation is 2. The highest BCUT2D eigenvalue weighted by molar-refractivity contribution is 7.91. The van der Waals surface area contributed by atoms with Crippen LogP contribution in [0.5, 0.6) is 0 Å². The summed E-state index contributed by atoms with van der Waals surface area (Å²) in [4.78, 5) is 11.4. The first-order chi connectivity index (χ1) is 14.9. The average Bonchev–Trinajstić information content (AvgIpc) is 3.23. The summed E-state index contributed by atoms with van der Waals surface area (Å²) in [6.45, 7) is 5.94. The summed E-state index contributed by atoms with van der Waals surface area (Å²) in [5.41, 5.74) is 4.01. The number of hydrogen-bond donors (Lipinski definition) is 2. The van der Waals surface area contributed by atoms with Gasteiger partial charge in [-0.2, -0.15) is 4.98 Å². The van der Waals surface area contributed by atoms with E-state index < -0.39 is 10.0 Å². The zero-order chi connectivity index (χ0) is 21.8. The molecule has 1 aliphatic rings. The van der Waals surface area contributed by atoms with Gasteiger partial charge in [-0.1, -0.05) is 29.8 Å². The lowest BCUT2D eigenvalue weighted by Crippen LogP contribution is -2.19. The van der Waals surface area contributed by atoms with Gasteiger partial charge in [-0.25, -0.2) is 13.4 Å². The van der Waals surface area contributed by atoms with E-state index in [9.17, 15) is 8.42 Å². The van der Waals surface area contributed by atoms with Gasteiger partial charge in [-0.05, 0) is 56.5 Å². The molecule has 3 aromatic rings. The van der Waals surface area contributed by atoms with Crippen molar-refractivity contribution in [3.8, 4) is 0 Å². The fourth-order valence-electron chi connectivity index (χ4n) is 3.70. The summed E-state index contributed by atoms with van der Waals surface area (Å²) in [6.07, 6.45) is 2.38. The van der Waals surface area contributed by atoms with E-state index in [-0.39, 0.29) is 5.75 Å². The molecule has 0 aliphatic carbocycles. The van der Waals surface area contributed by atoms with E-state index in [1.807, 2.05) is 56.3 Å². The number of sulfonamides is 1. The highest BCUT2D eigenvalue weighted by atomic mass is 32.2. The zero-order valence-corrected chi connectivity index (χ0v) is 18.6. The Labute approximate surface area is 183 Å². The molecule has 0 atom stereocenters. The summed E-state index contributed by atoms with van der Waals surface area (Å²) < 4.78 is 27.7. The average molecular weight is 438 g/mol. The van der Waals surface area contributed by atoms with Crippen molar-refractivity contribution in [2.75, 3.05) is 28.0 Å². The van der Waals surface area contributed by atoms with Crippen molar-refractivity contribution in [3.63, 3.8) is 0 Å². The van der Waals surface area contributed by atoms with Gasteiger partial charge >= 0.3 is 0 Å². The van der Waals surface area contributed by atoms with Crippen molar-refractivity contribution in [2.45, 2.75) is 32.4 Å². The molecule has 7 nitrogen and oxygen atoms in total. The molecular weight excluding hydrogens is 410 g/mol. The fourth-order valence-corrected chi connectivity index (χ4v) is 4.89. The minimum Gasteiger partial charge on any atom is -0.356 e. The maximum atomic E-state index is 12.5. The van der Waals surface area contributed by atoms with Crippen molar-refractivity contribution >= 4 is 33.2 Å². The Hall–Kier alpha value is -3.13. The SMILES string of the molecule is Cc1cccc(CS(=O)(=O)Nc2ccc(Nc3nc(C)cc(N4CCCC4)n3)cc2)c1. The monoisotopic (exact) mass is 437 g/mol. The Morgan fingerprint density at radius 1 is 0.935 bits per heavy atom. The normalized spacial score (nSPS) is 13.9. The summed E-state index contributed by atoms with van der Waals surface area (Å²) >= 11 is 0. The Bertz CT molecular complexity index is 1160. The van der Waals surface area contributed by atoms with Crippen LogP contribution in [0.25, 0.3) is 0 Å². The van der Waals surface area contributed by atoms with Crippen LogP contribution in [-0.2, 0) is 15.8 Å². The molecule has 2 heterocycles. The third kappa shape index (κ3) is 5.73. The third-order valence-corrected chi connectivity index (χ3v) is 6.38. The van der Waals surface area contributed by atoms with Crippen LogP contribution in [0, 0.1) is 13.8 Å². The Morgan fingerprint density at radius 2 is 1.65 bits per heavy atom. The van der Waals surface area contributed by atoms with E-state index >= 15 is 0 Å². The molecule has 4 rings (SSSR count). The maximum Gasteiger partial charge on any atom is 0.236 e. The summed E-state index contributed by atoms with van der Waals surface area (Å²) in [7, 11) is -3.50. The van der Waals surface area contributed by atoms with E-state index in [0.29, 0.717) is 11.6 Å². The van der Waals surface area contributed by atoms with Gasteiger partial charge in [0.25, 0.3) is 0 Å². The zero-order valence-electron chi connectivity index (χ0n) is 17.8. The molecular formula is C23H27N5O2S. The number of rotatable bonds is 7. The first kappa shape index (κ1) is 21.1. The van der Waals surface area contributed by atoms with Gasteiger partial charge in [0.05, 0.1) is 5.75 Å². The molecule has 0 unspecified atom stereocenters. The molecule has 0 radical (unpaired) electrons. The molecule has 1 aliphatic heterocycles. The highest BCUT2D eigenvalue weighted by Crippen LogP contribution is 2.23. The largest absolute Gasteiger partial charge is 0.356 e. The molecule has 0 amide bonds. The van der Waals surface area contributed by atoms with Gasteiger partial charge in [0.1, 0.15) is 5.82 Å². The Balaban J connectivity index is 1.42. The van der Waals surface area contributed by atoms with E-state index in [0.717, 1.165) is 41.4 Å². The van der Waals surface area contributed by atoms with Crippen molar-refractivity contribution in [2.24, 2.45) is 0 Å². The second-order valence-electron chi connectivity index (χ2n) is 7.94. The first-order valence-electron chi connectivity index (χ1n) is 10.4. The number of nitrogens with one attached hydrogen (secondary N) is 2. The van der Waals surface area contributed by atoms with Gasteiger partial charge < -0.3 is 10.2 Å². The fraction of sp³-hybridized carbons (Fsp3) is 0.304. The van der Waals surface area contributed by atoms with Crippen molar-refractivity contribution in [1.82, 2.24) is 9.97 Å². The number of hydrogen-bond acceptors (Lipinski definition) is 6. The summed E-state index contributed by atoms with van der Waals surface area (Å²) in [5.74, 6) is 1.41. The van der Waals surface area contributed by atoms with Crippen LogP contribution in [0.3, 0.4) is 0 Å². The molecule has 0 spiro atoms. The molecule has 162 valence electrons. The molecule has 0 bridgehead atoms. The Morgan fingerprint density at radius 3 is 2.35 bits per heavy atom. The Kier molecular flexibility index (Phi) is 6.08. The minimum absolute atomic E-state index is 0.0644. The van der Waals surface area contributed by atoms with Gasteiger partial charge in [-0.15, -0.1) is 0 Å². The lowest BCUT2D eigenvalue weighted by Gasteiger charge is -2.17. The van der Waals surface area contributed by atoms with Gasteiger partial charge in [-0.3, -0.25) is 4.72 Å². The summed E-state index contributed by atoms with van der Waals surface area (Å²) in [5, 5.41) is 3.22. The van der Waals surface area contributed by atoms with E-state index in [1.54, 1.807) is 12.1 Å². The van der Waals surface area contributed by atoms with Gasteiger partial charge in [0.15, 0.2) is 0 Å². The van der Waals surface area contributed by atoms with Crippen molar-refractivity contribution in [3.05, 3.63) is 71.4 Å². The third-order valence-electron chi connectivity index (χ3n) is 5.12. The molecule has 8 heteroatoms. The molecule has 1 aromatic heterocycles. The van der Waals surface area contributed by atoms with E-state index in [1.165, 1.54) is 12.8 Å². The quantitative estimate of drug-likeness (QED) is 0.570. The van der Waals surface area contributed by atoms with Crippen LogP contribution < -0.4 is 14.9 Å². The van der Waals surface area contributed by atoms with Crippen LogP contribution in [-0.4, -0.2) is 31.5 Å². The number of aromatic nitrogens is 2. The van der Waals surface area contributed by atoms with E-state index in [2.05, 4.69) is 24.9 Å². The van der Waals surface area contributed by atoms with Gasteiger partial charge in [0, 0.05) is 36.2 Å². The molecule has 2 aromatic carbocycles. The number of anilines is 4. The topological polar surface area (TPSA) is 87.2 Å². The number of nitrogens with zero attached hydrogens (tertiary/aromatic N) is 3. The first-order valence-corrected chi connectivity index (χ1v) is 12.1. The van der Waals surface area contributed by atoms with E-state index in [4.69, 9.17) is 0 Å². The molecule has 0 saturated carbocycles. The molecule has 1 fully saturated rings. The van der Waals surface area contributed by atoms with Crippen molar-refractivity contribution < 1.29 is 8.42 Å². The van der Waals surface area contributed by atoms with Crippen LogP contribution in [0.15, 0.2) is 54.6 Å². The lowest BCUT2D eigenvalue weighted by molar-refractivity contribution is 0.600. The maximum absolute atomic E-state index is 12.5. The van der Waals surface area contributed by atoms with Crippen LogP contribution in [0.1, 0.15) is 29.7 Å². The predicted molar refractivity (Wildman–Crippen MR) is 125 cm³/mol. The second-order valence-corrected chi connectivity index (χ2v) is 9.66. The second kappa shape index (κ2) is 8.93.